The van der Waals surface area contributed by atoms with E-state index >= 15 is 0 Å². The van der Waals surface area contributed by atoms with Crippen molar-refractivity contribution in [3.63, 3.8) is 0 Å². The lowest BCUT2D eigenvalue weighted by Crippen LogP contribution is -2.52. The normalized spacial score (nSPS) is 27.3. The van der Waals surface area contributed by atoms with Gasteiger partial charge in [0.2, 0.25) is 0 Å². The molecule has 2 aliphatic carbocycles. The third kappa shape index (κ3) is 5.32. The maximum Gasteiger partial charge on any atom is 0.100 e. The molecule has 0 aromatic heterocycles. The average Bonchev–Trinajstić information content (AvgIpc) is 2.75. The summed E-state index contributed by atoms with van der Waals surface area (Å²) in [6.07, 6.45) is 8.97. The Morgan fingerprint density at radius 2 is 0.897 bits per heavy atom. The Hall–Kier alpha value is -2.16. The molecule has 39 heavy (non-hydrogen) atoms. The van der Waals surface area contributed by atoms with Gasteiger partial charge >= 0.3 is 0 Å². The molecule has 2 heteroatoms. The van der Waals surface area contributed by atoms with Crippen molar-refractivity contribution in [2.75, 3.05) is 0 Å². The summed E-state index contributed by atoms with van der Waals surface area (Å²) in [5.74, 6) is -0.323. The van der Waals surface area contributed by atoms with E-state index < -0.39 is 11.2 Å². The molecule has 0 aliphatic heterocycles. The number of aliphatic hydroxyl groups is 2. The van der Waals surface area contributed by atoms with Gasteiger partial charge < -0.3 is 10.2 Å². The smallest absolute Gasteiger partial charge is 0.100 e. The standard InChI is InChI=1S/C37H52O2/c1-32(2,3)26-15-17-28-24(21-26)13-19-30(34(7,8)9)36(28,38)23-37(39)29-18-16-27(33(4,5)6)22-25(29)14-20-31(37)35(10,11)12/h13-22,30-31,38-39H,23H2,1-12H3. The maximum absolute atomic E-state index is 13.0. The first kappa shape index (κ1) is 29.8. The Kier molecular flexibility index (Phi) is 7.02. The SMILES string of the molecule is CC(C)(C)c1ccc2c(c1)C=CC(C(C)(C)C)C2(O)CC1(O)c2ccc(C(C)(C)C)cc2C=CC1C(C)(C)C. The van der Waals surface area contributed by atoms with Crippen LogP contribution in [-0.4, -0.2) is 10.2 Å². The zero-order valence-corrected chi connectivity index (χ0v) is 26.5. The van der Waals surface area contributed by atoms with Crippen LogP contribution in [0.4, 0.5) is 0 Å². The van der Waals surface area contributed by atoms with Crippen LogP contribution in [-0.2, 0) is 22.0 Å². The summed E-state index contributed by atoms with van der Waals surface area (Å²) < 4.78 is 0. The second-order valence-corrected chi connectivity index (χ2v) is 16.5. The highest BCUT2D eigenvalue weighted by molar-refractivity contribution is 5.64. The molecule has 2 N–H and O–H groups in total. The van der Waals surface area contributed by atoms with E-state index in [1.165, 1.54) is 11.1 Å². The first-order valence-electron chi connectivity index (χ1n) is 14.7. The minimum atomic E-state index is -1.25. The van der Waals surface area contributed by atoms with Crippen LogP contribution in [0.1, 0.15) is 123 Å². The molecular weight excluding hydrogens is 476 g/mol. The first-order valence-corrected chi connectivity index (χ1v) is 14.7. The number of fused-ring (bicyclic) bond motifs is 2. The number of rotatable bonds is 2. The summed E-state index contributed by atoms with van der Waals surface area (Å²) in [5.41, 5.74) is 3.54. The van der Waals surface area contributed by atoms with E-state index in [9.17, 15) is 10.2 Å². The summed E-state index contributed by atoms with van der Waals surface area (Å²) in [4.78, 5) is 0. The van der Waals surface area contributed by atoms with Crippen LogP contribution in [0.5, 0.6) is 0 Å². The van der Waals surface area contributed by atoms with Crippen molar-refractivity contribution in [3.05, 3.63) is 81.9 Å². The maximum atomic E-state index is 13.0. The molecule has 0 radical (unpaired) electrons. The summed E-state index contributed by atoms with van der Waals surface area (Å²) >= 11 is 0. The van der Waals surface area contributed by atoms with Gasteiger partial charge in [-0.05, 0) is 55.0 Å². The fourth-order valence-electron chi connectivity index (χ4n) is 7.01. The second-order valence-electron chi connectivity index (χ2n) is 16.5. The Morgan fingerprint density at radius 3 is 1.18 bits per heavy atom. The van der Waals surface area contributed by atoms with Gasteiger partial charge in [-0.15, -0.1) is 0 Å². The second kappa shape index (κ2) is 9.18. The Morgan fingerprint density at radius 1 is 0.564 bits per heavy atom. The number of hydrogen-bond donors (Lipinski definition) is 2. The van der Waals surface area contributed by atoms with Crippen LogP contribution in [0.15, 0.2) is 48.6 Å². The molecule has 0 spiro atoms. The van der Waals surface area contributed by atoms with Crippen molar-refractivity contribution in [3.8, 4) is 0 Å². The van der Waals surface area contributed by atoms with Gasteiger partial charge in [0.25, 0.3) is 0 Å². The van der Waals surface area contributed by atoms with Crippen LogP contribution >= 0.6 is 0 Å². The highest BCUT2D eigenvalue weighted by Gasteiger charge is 2.55. The van der Waals surface area contributed by atoms with Crippen molar-refractivity contribution in [2.45, 2.75) is 112 Å². The van der Waals surface area contributed by atoms with Gasteiger partial charge in [-0.1, -0.05) is 144 Å². The van der Waals surface area contributed by atoms with E-state index in [1.54, 1.807) is 0 Å². The highest BCUT2D eigenvalue weighted by Crippen LogP contribution is 2.57. The average molecular weight is 529 g/mol. The molecule has 4 unspecified atom stereocenters. The lowest BCUT2D eigenvalue weighted by atomic mass is 9.56. The molecule has 4 atom stereocenters. The van der Waals surface area contributed by atoms with Crippen molar-refractivity contribution in [1.82, 2.24) is 0 Å². The zero-order valence-electron chi connectivity index (χ0n) is 26.5. The molecule has 0 fully saturated rings. The van der Waals surface area contributed by atoms with Crippen molar-refractivity contribution in [1.29, 1.82) is 0 Å². The molecule has 0 amide bonds. The Labute approximate surface area is 238 Å². The number of benzene rings is 2. The molecule has 2 aromatic carbocycles. The van der Waals surface area contributed by atoms with E-state index in [4.69, 9.17) is 0 Å². The third-order valence-corrected chi connectivity index (χ3v) is 9.14. The van der Waals surface area contributed by atoms with Crippen LogP contribution < -0.4 is 0 Å². The van der Waals surface area contributed by atoms with Crippen LogP contribution in [0.2, 0.25) is 0 Å². The van der Waals surface area contributed by atoms with Crippen molar-refractivity contribution >= 4 is 12.2 Å². The van der Waals surface area contributed by atoms with Gasteiger partial charge in [-0.25, -0.2) is 0 Å². The van der Waals surface area contributed by atoms with Crippen molar-refractivity contribution < 1.29 is 10.2 Å². The zero-order chi connectivity index (χ0) is 29.4. The summed E-state index contributed by atoms with van der Waals surface area (Å²) in [5, 5.41) is 26.0. The van der Waals surface area contributed by atoms with E-state index in [2.05, 4.69) is 144 Å². The lowest BCUT2D eigenvalue weighted by molar-refractivity contribution is -0.144. The molecule has 2 nitrogen and oxygen atoms in total. The van der Waals surface area contributed by atoms with Gasteiger partial charge in [0.15, 0.2) is 0 Å². The summed E-state index contributed by atoms with van der Waals surface area (Å²) in [7, 11) is 0. The minimum Gasteiger partial charge on any atom is -0.384 e. The fraction of sp³-hybridized carbons (Fsp3) is 0.568. The first-order chi connectivity index (χ1) is 17.6. The van der Waals surface area contributed by atoms with E-state index in [-0.39, 0.29) is 39.9 Å². The molecule has 212 valence electrons. The summed E-state index contributed by atoms with van der Waals surface area (Å²) in [6.45, 7) is 26.5. The predicted octanol–water partition coefficient (Wildman–Crippen LogP) is 9.13. The molecular formula is C37H52O2. The third-order valence-electron chi connectivity index (χ3n) is 9.14. The van der Waals surface area contributed by atoms with Gasteiger partial charge in [-0.2, -0.15) is 0 Å². The fourth-order valence-corrected chi connectivity index (χ4v) is 7.01. The van der Waals surface area contributed by atoms with Gasteiger partial charge in [0, 0.05) is 18.3 Å². The predicted molar refractivity (Wildman–Crippen MR) is 167 cm³/mol. The molecule has 0 saturated carbocycles. The molecule has 0 saturated heterocycles. The van der Waals surface area contributed by atoms with Gasteiger partial charge in [0.05, 0.1) is 0 Å². The van der Waals surface area contributed by atoms with Crippen molar-refractivity contribution in [2.24, 2.45) is 22.7 Å². The molecule has 2 aromatic rings. The molecule has 0 bridgehead atoms. The Bertz CT molecular complexity index is 1200. The quantitative estimate of drug-likeness (QED) is 0.408. The summed E-state index contributed by atoms with van der Waals surface area (Å²) in [6, 6.07) is 13.0. The van der Waals surface area contributed by atoms with E-state index in [1.807, 2.05) is 0 Å². The highest BCUT2D eigenvalue weighted by atomic mass is 16.3. The lowest BCUT2D eigenvalue weighted by Gasteiger charge is -2.53. The molecule has 2 aliphatic rings. The molecule has 4 rings (SSSR count). The minimum absolute atomic E-state index is 0.00919. The van der Waals surface area contributed by atoms with Crippen LogP contribution in [0.3, 0.4) is 0 Å². The van der Waals surface area contributed by atoms with E-state index in [0.29, 0.717) is 0 Å². The largest absolute Gasteiger partial charge is 0.384 e. The Balaban J connectivity index is 1.95. The van der Waals surface area contributed by atoms with Crippen LogP contribution in [0, 0.1) is 22.7 Å². The topological polar surface area (TPSA) is 40.5 Å². The molecule has 0 heterocycles. The number of hydrogen-bond acceptors (Lipinski definition) is 2. The van der Waals surface area contributed by atoms with E-state index in [0.717, 1.165) is 22.3 Å². The van der Waals surface area contributed by atoms with Crippen LogP contribution in [0.25, 0.3) is 12.2 Å². The van der Waals surface area contributed by atoms with Gasteiger partial charge in [0.1, 0.15) is 11.2 Å². The van der Waals surface area contributed by atoms with Gasteiger partial charge in [-0.3, -0.25) is 0 Å². The monoisotopic (exact) mass is 528 g/mol.